The summed E-state index contributed by atoms with van der Waals surface area (Å²) in [5.41, 5.74) is 3.33. The minimum Gasteiger partial charge on any atom is -0.367 e. The Bertz CT molecular complexity index is 1010. The minimum atomic E-state index is -0.101. The van der Waals surface area contributed by atoms with Crippen LogP contribution in [0.15, 0.2) is 60.4 Å². The maximum Gasteiger partial charge on any atom is 0.251 e. The van der Waals surface area contributed by atoms with Crippen LogP contribution in [0.5, 0.6) is 0 Å². The molecule has 2 N–H and O–H groups in total. The molecule has 0 aliphatic heterocycles. The lowest BCUT2D eigenvalue weighted by Crippen LogP contribution is -2.28. The zero-order valence-corrected chi connectivity index (χ0v) is 14.6. The molecule has 3 aromatic heterocycles. The van der Waals surface area contributed by atoms with Gasteiger partial charge in [-0.05, 0) is 42.5 Å². The molecule has 8 heteroatoms. The lowest BCUT2D eigenvalue weighted by molar-refractivity contribution is 0.0955. The molecule has 0 radical (unpaired) electrons. The summed E-state index contributed by atoms with van der Waals surface area (Å²) in [5, 5.41) is 14.3. The second kappa shape index (κ2) is 7.32. The molecule has 7 nitrogen and oxygen atoms in total. The topological polar surface area (TPSA) is 84.7 Å². The molecule has 0 unspecified atom stereocenters. The predicted octanol–water partition coefficient (Wildman–Crippen LogP) is 2.72. The van der Waals surface area contributed by atoms with Gasteiger partial charge >= 0.3 is 0 Å². The largest absolute Gasteiger partial charge is 0.367 e. The van der Waals surface area contributed by atoms with E-state index >= 15 is 0 Å². The molecular weight excluding hydrogens is 348 g/mol. The van der Waals surface area contributed by atoms with Gasteiger partial charge in [0.25, 0.3) is 5.91 Å². The number of nitrogens with one attached hydrogen (secondary N) is 2. The van der Waals surface area contributed by atoms with Crippen LogP contribution in [0, 0.1) is 0 Å². The first-order valence-corrected chi connectivity index (χ1v) is 9.00. The zero-order valence-electron chi connectivity index (χ0n) is 13.8. The number of amides is 1. The summed E-state index contributed by atoms with van der Waals surface area (Å²) in [4.78, 5) is 16.4. The smallest absolute Gasteiger partial charge is 0.251 e. The first-order chi connectivity index (χ1) is 12.8. The Morgan fingerprint density at radius 3 is 2.77 bits per heavy atom. The van der Waals surface area contributed by atoms with Crippen molar-refractivity contribution in [2.45, 2.75) is 0 Å². The van der Waals surface area contributed by atoms with Gasteiger partial charge in [0.2, 0.25) is 0 Å². The van der Waals surface area contributed by atoms with E-state index in [0.29, 0.717) is 24.5 Å². The summed E-state index contributed by atoms with van der Waals surface area (Å²) >= 11 is 1.52. The average Bonchev–Trinajstić information content (AvgIpc) is 3.36. The Morgan fingerprint density at radius 2 is 1.96 bits per heavy atom. The van der Waals surface area contributed by atoms with Gasteiger partial charge in [-0.25, -0.2) is 4.98 Å². The highest BCUT2D eigenvalue weighted by Crippen LogP contribution is 2.18. The Morgan fingerprint density at radius 1 is 1.08 bits per heavy atom. The fraction of sp³-hybridized carbons (Fsp3) is 0.111. The van der Waals surface area contributed by atoms with Crippen LogP contribution in [0.2, 0.25) is 0 Å². The number of hydrogen-bond acceptors (Lipinski definition) is 6. The van der Waals surface area contributed by atoms with Gasteiger partial charge in [-0.15, -0.1) is 21.5 Å². The summed E-state index contributed by atoms with van der Waals surface area (Å²) in [7, 11) is 0. The second-order valence-corrected chi connectivity index (χ2v) is 6.47. The third-order valence-electron chi connectivity index (χ3n) is 3.83. The molecule has 0 saturated heterocycles. The van der Waals surface area contributed by atoms with E-state index in [-0.39, 0.29) is 5.91 Å². The van der Waals surface area contributed by atoms with Crippen LogP contribution in [0.3, 0.4) is 0 Å². The third kappa shape index (κ3) is 3.55. The maximum atomic E-state index is 12.2. The monoisotopic (exact) mass is 364 g/mol. The van der Waals surface area contributed by atoms with Crippen molar-refractivity contribution in [3.63, 3.8) is 0 Å². The summed E-state index contributed by atoms with van der Waals surface area (Å²) in [5.74, 6) is 1.32. The van der Waals surface area contributed by atoms with E-state index in [4.69, 9.17) is 0 Å². The van der Waals surface area contributed by atoms with E-state index in [9.17, 15) is 4.79 Å². The van der Waals surface area contributed by atoms with E-state index in [1.165, 1.54) is 11.3 Å². The minimum absolute atomic E-state index is 0.101. The molecule has 0 saturated carbocycles. The number of fused-ring (bicyclic) bond motifs is 1. The number of aromatic nitrogens is 4. The van der Waals surface area contributed by atoms with Crippen LogP contribution in [-0.4, -0.2) is 38.7 Å². The number of rotatable bonds is 6. The van der Waals surface area contributed by atoms with Gasteiger partial charge in [0.1, 0.15) is 5.82 Å². The Balaban J connectivity index is 1.27. The Labute approximate surface area is 153 Å². The predicted molar refractivity (Wildman–Crippen MR) is 102 cm³/mol. The highest BCUT2D eigenvalue weighted by atomic mass is 32.1. The van der Waals surface area contributed by atoms with Gasteiger partial charge in [0.15, 0.2) is 5.82 Å². The van der Waals surface area contributed by atoms with Crippen molar-refractivity contribution in [2.75, 3.05) is 18.4 Å². The summed E-state index contributed by atoms with van der Waals surface area (Å²) in [6, 6.07) is 13.1. The average molecular weight is 364 g/mol. The van der Waals surface area contributed by atoms with Crippen molar-refractivity contribution in [1.29, 1.82) is 0 Å². The Hall–Kier alpha value is -3.26. The number of carbonyl (C=O) groups is 1. The van der Waals surface area contributed by atoms with Crippen molar-refractivity contribution in [3.8, 4) is 5.82 Å². The molecule has 0 aliphatic rings. The molecule has 3 heterocycles. The van der Waals surface area contributed by atoms with Crippen molar-refractivity contribution in [3.05, 3.63) is 65.9 Å². The SMILES string of the molecule is O=C(NCCNc1ccc(-n2cccc2)nn1)c1ccc2ncsc2c1. The standard InChI is InChI=1S/C18H16N6OS/c25-18(13-3-4-14-15(11-13)26-12-21-14)20-8-7-19-16-5-6-17(23-22-16)24-9-1-2-10-24/h1-6,9-12H,7-8H2,(H,19,22)(H,20,25). The number of thiazole rings is 1. The molecule has 1 aromatic carbocycles. The van der Waals surface area contributed by atoms with Crippen molar-refractivity contribution in [2.24, 2.45) is 0 Å². The van der Waals surface area contributed by atoms with Gasteiger partial charge in [-0.1, -0.05) is 0 Å². The van der Waals surface area contributed by atoms with Crippen LogP contribution >= 0.6 is 11.3 Å². The Kier molecular flexibility index (Phi) is 4.57. The summed E-state index contributed by atoms with van der Waals surface area (Å²) in [6.07, 6.45) is 3.83. The van der Waals surface area contributed by atoms with Crippen molar-refractivity contribution >= 4 is 33.3 Å². The fourth-order valence-corrected chi connectivity index (χ4v) is 3.23. The van der Waals surface area contributed by atoms with E-state index in [1.54, 1.807) is 11.6 Å². The number of nitrogens with zero attached hydrogens (tertiary/aromatic N) is 4. The van der Waals surface area contributed by atoms with Crippen molar-refractivity contribution in [1.82, 2.24) is 25.1 Å². The summed E-state index contributed by atoms with van der Waals surface area (Å²) in [6.45, 7) is 1.05. The van der Waals surface area contributed by atoms with Gasteiger partial charge in [0, 0.05) is 31.0 Å². The quantitative estimate of drug-likeness (QED) is 0.514. The second-order valence-electron chi connectivity index (χ2n) is 5.58. The fourth-order valence-electron chi connectivity index (χ4n) is 2.51. The van der Waals surface area contributed by atoms with E-state index in [1.807, 2.05) is 53.4 Å². The first kappa shape index (κ1) is 16.2. The number of benzene rings is 1. The lowest BCUT2D eigenvalue weighted by atomic mass is 10.2. The van der Waals surface area contributed by atoms with Crippen LogP contribution in [0.25, 0.3) is 16.0 Å². The third-order valence-corrected chi connectivity index (χ3v) is 4.62. The molecule has 4 aromatic rings. The molecule has 0 atom stereocenters. The molecule has 130 valence electrons. The van der Waals surface area contributed by atoms with Crippen LogP contribution < -0.4 is 10.6 Å². The zero-order chi connectivity index (χ0) is 17.8. The van der Waals surface area contributed by atoms with Gasteiger partial charge in [0.05, 0.1) is 15.7 Å². The van der Waals surface area contributed by atoms with E-state index in [2.05, 4.69) is 25.8 Å². The van der Waals surface area contributed by atoms with Gasteiger partial charge in [-0.2, -0.15) is 0 Å². The molecule has 0 aliphatic carbocycles. The number of carbonyl (C=O) groups excluding carboxylic acids is 1. The summed E-state index contributed by atoms with van der Waals surface area (Å²) < 4.78 is 2.89. The van der Waals surface area contributed by atoms with Crippen LogP contribution in [0.1, 0.15) is 10.4 Å². The molecule has 0 fully saturated rings. The maximum absolute atomic E-state index is 12.2. The number of hydrogen-bond donors (Lipinski definition) is 2. The normalized spacial score (nSPS) is 10.8. The molecule has 1 amide bonds. The van der Waals surface area contributed by atoms with E-state index in [0.717, 1.165) is 16.0 Å². The van der Waals surface area contributed by atoms with Crippen LogP contribution in [-0.2, 0) is 0 Å². The van der Waals surface area contributed by atoms with E-state index < -0.39 is 0 Å². The molecule has 26 heavy (non-hydrogen) atoms. The molecule has 4 rings (SSSR count). The highest BCUT2D eigenvalue weighted by Gasteiger charge is 2.07. The van der Waals surface area contributed by atoms with Gasteiger partial charge < -0.3 is 15.2 Å². The molecule has 0 bridgehead atoms. The molecule has 0 spiro atoms. The van der Waals surface area contributed by atoms with Crippen LogP contribution in [0.4, 0.5) is 5.82 Å². The van der Waals surface area contributed by atoms with Gasteiger partial charge in [-0.3, -0.25) is 4.79 Å². The highest BCUT2D eigenvalue weighted by molar-refractivity contribution is 7.16. The number of anilines is 1. The van der Waals surface area contributed by atoms with Crippen molar-refractivity contribution < 1.29 is 4.79 Å². The first-order valence-electron chi connectivity index (χ1n) is 8.12. The lowest BCUT2D eigenvalue weighted by Gasteiger charge is -2.08. The molecular formula is C18H16N6OS.